The van der Waals surface area contributed by atoms with Crippen LogP contribution < -0.4 is 10.1 Å². The van der Waals surface area contributed by atoms with Gasteiger partial charge in [-0.05, 0) is 57.2 Å². The van der Waals surface area contributed by atoms with Crippen LogP contribution in [0.5, 0.6) is 5.75 Å². The summed E-state index contributed by atoms with van der Waals surface area (Å²) in [5.74, 6) is 2.31. The average molecular weight is 479 g/mol. The Morgan fingerprint density at radius 1 is 1.12 bits per heavy atom. The van der Waals surface area contributed by atoms with E-state index in [1.165, 1.54) is 11.3 Å². The van der Waals surface area contributed by atoms with Crippen molar-refractivity contribution in [2.24, 2.45) is 0 Å². The molecule has 0 bridgehead atoms. The number of para-hydroxylation sites is 1. The van der Waals surface area contributed by atoms with Crippen molar-refractivity contribution >= 4 is 45.3 Å². The van der Waals surface area contributed by atoms with Crippen molar-refractivity contribution in [2.45, 2.75) is 26.8 Å². The summed E-state index contributed by atoms with van der Waals surface area (Å²) in [5.41, 5.74) is 4.60. The molecular weight excluding hydrogens is 456 g/mol. The maximum absolute atomic E-state index is 6.21. The van der Waals surface area contributed by atoms with Crippen LogP contribution in [-0.2, 0) is 0 Å². The van der Waals surface area contributed by atoms with Crippen molar-refractivity contribution in [1.29, 1.82) is 0 Å². The lowest BCUT2D eigenvalue weighted by Gasteiger charge is -2.13. The first-order valence-electron chi connectivity index (χ1n) is 10.5. The fourth-order valence-corrected chi connectivity index (χ4v) is 4.94. The van der Waals surface area contributed by atoms with Crippen molar-refractivity contribution in [3.05, 3.63) is 65.0 Å². The monoisotopic (exact) mass is 478 g/mol. The van der Waals surface area contributed by atoms with Crippen LogP contribution in [0.1, 0.15) is 25.7 Å². The van der Waals surface area contributed by atoms with Crippen LogP contribution in [0.3, 0.4) is 0 Å². The minimum absolute atomic E-state index is 0.242. The van der Waals surface area contributed by atoms with E-state index in [4.69, 9.17) is 21.3 Å². The number of rotatable bonds is 6. The molecule has 33 heavy (non-hydrogen) atoms. The number of halogens is 1. The number of nitrogens with zero attached hydrogens (tertiary/aromatic N) is 5. The van der Waals surface area contributed by atoms with Crippen molar-refractivity contribution in [2.75, 3.05) is 12.4 Å². The molecule has 0 aliphatic carbocycles. The van der Waals surface area contributed by atoms with Gasteiger partial charge in [0, 0.05) is 17.8 Å². The van der Waals surface area contributed by atoms with Gasteiger partial charge in [-0.2, -0.15) is 5.10 Å². The Hall–Kier alpha value is -3.36. The van der Waals surface area contributed by atoms with E-state index in [1.807, 2.05) is 49.4 Å². The summed E-state index contributed by atoms with van der Waals surface area (Å²) in [6.45, 7) is 6.18. The number of anilines is 2. The van der Waals surface area contributed by atoms with Gasteiger partial charge >= 0.3 is 0 Å². The fourth-order valence-electron chi connectivity index (χ4n) is 3.91. The number of aryl methyl sites for hydroxylation is 1. The maximum atomic E-state index is 6.21. The van der Waals surface area contributed by atoms with Crippen LogP contribution in [0.4, 0.5) is 11.4 Å². The quantitative estimate of drug-likeness (QED) is 0.296. The summed E-state index contributed by atoms with van der Waals surface area (Å²) in [5, 5.41) is 7.91. The van der Waals surface area contributed by atoms with E-state index in [0.717, 1.165) is 43.1 Å². The smallest absolute Gasteiger partial charge is 0.151 e. The molecule has 0 aliphatic heterocycles. The molecule has 1 N–H and O–H groups in total. The van der Waals surface area contributed by atoms with Gasteiger partial charge in [0.15, 0.2) is 5.82 Å². The Bertz CT molecular complexity index is 1450. The first-order valence-corrected chi connectivity index (χ1v) is 11.7. The topological polar surface area (TPSA) is 69.8 Å². The number of thiophene rings is 1. The molecule has 0 aliphatic rings. The third kappa shape index (κ3) is 3.96. The molecule has 0 amide bonds. The molecule has 0 saturated carbocycles. The molecule has 3 heterocycles. The van der Waals surface area contributed by atoms with Crippen molar-refractivity contribution < 1.29 is 4.74 Å². The van der Waals surface area contributed by atoms with Crippen molar-refractivity contribution in [1.82, 2.24) is 24.3 Å². The van der Waals surface area contributed by atoms with E-state index in [0.29, 0.717) is 11.6 Å². The SMILES string of the molecule is COc1cc(Nc2cccc3c2nc(-c2ccc(Cl)s2)n3C(C)C)ccc1-n1cnc(C)n1. The van der Waals surface area contributed by atoms with Crippen LogP contribution in [0.15, 0.2) is 54.9 Å². The zero-order valence-corrected chi connectivity index (χ0v) is 20.3. The third-order valence-electron chi connectivity index (χ3n) is 5.34. The molecule has 0 saturated heterocycles. The van der Waals surface area contributed by atoms with E-state index in [2.05, 4.69) is 39.9 Å². The lowest BCUT2D eigenvalue weighted by molar-refractivity contribution is 0.412. The predicted molar refractivity (Wildman–Crippen MR) is 134 cm³/mol. The first-order chi connectivity index (χ1) is 15.9. The zero-order chi connectivity index (χ0) is 23.1. The van der Waals surface area contributed by atoms with E-state index in [9.17, 15) is 0 Å². The summed E-state index contributed by atoms with van der Waals surface area (Å²) in [4.78, 5) is 10.3. The third-order valence-corrected chi connectivity index (χ3v) is 6.57. The van der Waals surface area contributed by atoms with Crippen LogP contribution in [-0.4, -0.2) is 31.4 Å². The molecule has 0 fully saturated rings. The summed E-state index contributed by atoms with van der Waals surface area (Å²) in [6.07, 6.45) is 1.68. The van der Waals surface area contributed by atoms with Crippen molar-refractivity contribution in [3.8, 4) is 22.1 Å². The highest BCUT2D eigenvalue weighted by Gasteiger charge is 2.19. The predicted octanol–water partition coefficient (Wildman–Crippen LogP) is 6.64. The number of imidazole rings is 1. The molecule has 7 nitrogen and oxygen atoms in total. The molecule has 168 valence electrons. The number of hydrogen-bond donors (Lipinski definition) is 1. The normalized spacial score (nSPS) is 11.5. The van der Waals surface area contributed by atoms with Gasteiger partial charge in [0.25, 0.3) is 0 Å². The number of fused-ring (bicyclic) bond motifs is 1. The van der Waals surface area contributed by atoms with Gasteiger partial charge in [-0.25, -0.2) is 14.6 Å². The lowest BCUT2D eigenvalue weighted by Crippen LogP contribution is -2.02. The molecule has 5 aromatic rings. The molecule has 0 unspecified atom stereocenters. The van der Waals surface area contributed by atoms with Gasteiger partial charge in [-0.15, -0.1) is 11.3 Å². The molecule has 3 aromatic heterocycles. The van der Waals surface area contributed by atoms with Gasteiger partial charge in [-0.1, -0.05) is 17.7 Å². The highest BCUT2D eigenvalue weighted by Crippen LogP contribution is 2.37. The standard InChI is InChI=1S/C24H23ClN6OS/c1-14(2)31-19-7-5-6-17(23(19)28-24(31)21-10-11-22(25)33-21)27-16-8-9-18(20(12-16)32-4)30-13-26-15(3)29-30/h5-14,27H,1-4H3. The van der Waals surface area contributed by atoms with E-state index < -0.39 is 0 Å². The first kappa shape index (κ1) is 21.5. The highest BCUT2D eigenvalue weighted by atomic mass is 35.5. The number of hydrogen-bond acceptors (Lipinski definition) is 6. The van der Waals surface area contributed by atoms with Gasteiger partial charge in [0.05, 0.1) is 27.5 Å². The average Bonchev–Trinajstić information content (AvgIpc) is 3.51. The van der Waals surface area contributed by atoms with E-state index in [1.54, 1.807) is 18.1 Å². The summed E-state index contributed by atoms with van der Waals surface area (Å²) < 4.78 is 10.3. The lowest BCUT2D eigenvalue weighted by atomic mass is 10.2. The highest BCUT2D eigenvalue weighted by molar-refractivity contribution is 7.19. The molecule has 0 spiro atoms. The summed E-state index contributed by atoms with van der Waals surface area (Å²) >= 11 is 7.75. The molecular formula is C24H23ClN6OS. The van der Waals surface area contributed by atoms with Crippen molar-refractivity contribution in [3.63, 3.8) is 0 Å². The summed E-state index contributed by atoms with van der Waals surface area (Å²) in [7, 11) is 1.65. The minimum Gasteiger partial charge on any atom is -0.494 e. The second-order valence-electron chi connectivity index (χ2n) is 7.92. The second kappa shape index (κ2) is 8.53. The molecule has 2 aromatic carbocycles. The van der Waals surface area contributed by atoms with Gasteiger partial charge in [-0.3, -0.25) is 0 Å². The van der Waals surface area contributed by atoms with Crippen LogP contribution in [0.2, 0.25) is 4.34 Å². The summed E-state index contributed by atoms with van der Waals surface area (Å²) in [6, 6.07) is 16.3. The van der Waals surface area contributed by atoms with Gasteiger partial charge in [0.2, 0.25) is 0 Å². The fraction of sp³-hybridized carbons (Fsp3) is 0.208. The Labute approximate surface area is 200 Å². The van der Waals surface area contributed by atoms with Crippen LogP contribution in [0.25, 0.3) is 27.4 Å². The number of aromatic nitrogens is 5. The molecule has 5 rings (SSSR count). The van der Waals surface area contributed by atoms with Gasteiger partial charge < -0.3 is 14.6 Å². The Kier molecular flexibility index (Phi) is 5.55. The molecule has 0 atom stereocenters. The number of ether oxygens (including phenoxy) is 1. The van der Waals surface area contributed by atoms with Crippen LogP contribution in [0, 0.1) is 6.92 Å². The zero-order valence-electron chi connectivity index (χ0n) is 18.7. The van der Waals surface area contributed by atoms with E-state index >= 15 is 0 Å². The van der Waals surface area contributed by atoms with Gasteiger partial charge in [0.1, 0.15) is 29.1 Å². The Balaban J connectivity index is 1.57. The number of methoxy groups -OCH3 is 1. The maximum Gasteiger partial charge on any atom is 0.151 e. The van der Waals surface area contributed by atoms with E-state index in [-0.39, 0.29) is 6.04 Å². The second-order valence-corrected chi connectivity index (χ2v) is 9.64. The molecule has 9 heteroatoms. The minimum atomic E-state index is 0.242. The number of benzene rings is 2. The van der Waals surface area contributed by atoms with Crippen LogP contribution >= 0.6 is 22.9 Å². The number of nitrogens with one attached hydrogen (secondary N) is 1. The Morgan fingerprint density at radius 3 is 2.64 bits per heavy atom. The Morgan fingerprint density at radius 2 is 1.97 bits per heavy atom. The largest absolute Gasteiger partial charge is 0.494 e. The molecule has 0 radical (unpaired) electrons.